The van der Waals surface area contributed by atoms with Crippen LogP contribution in [0.4, 0.5) is 5.69 Å². The van der Waals surface area contributed by atoms with E-state index in [0.717, 1.165) is 48.3 Å². The third kappa shape index (κ3) is 5.23. The van der Waals surface area contributed by atoms with Crippen molar-refractivity contribution in [1.29, 1.82) is 0 Å². The van der Waals surface area contributed by atoms with Crippen LogP contribution in [-0.4, -0.2) is 36.1 Å². The van der Waals surface area contributed by atoms with Crippen LogP contribution >= 0.6 is 11.6 Å². The van der Waals surface area contributed by atoms with Gasteiger partial charge in [0.25, 0.3) is 0 Å². The van der Waals surface area contributed by atoms with Crippen molar-refractivity contribution in [2.24, 2.45) is 5.92 Å². The van der Waals surface area contributed by atoms with Gasteiger partial charge in [-0.1, -0.05) is 48.0 Å². The summed E-state index contributed by atoms with van der Waals surface area (Å²) in [5, 5.41) is 14.1. The van der Waals surface area contributed by atoms with Crippen molar-refractivity contribution in [2.45, 2.75) is 19.4 Å². The fraction of sp³-hybridized carbons (Fsp3) is 0.269. The monoisotopic (exact) mass is 450 g/mol. The van der Waals surface area contributed by atoms with Gasteiger partial charge in [-0.15, -0.1) is 0 Å². The standard InChI is InChI=1S/C26H27ClN2O3/c1-32-24-10-4-7-21(25(24)30)17-29-13-11-18(12-14-29)26(31)28-23-9-3-6-20(16-23)19-5-2-8-22(27)15-19/h2-10,15-16,18,30H,11-14,17H2,1H3,(H,28,31). The maximum absolute atomic E-state index is 12.9. The molecule has 166 valence electrons. The van der Waals surface area contributed by atoms with Gasteiger partial charge in [-0.2, -0.15) is 0 Å². The Morgan fingerprint density at radius 3 is 2.47 bits per heavy atom. The SMILES string of the molecule is COc1cccc(CN2CCC(C(=O)Nc3cccc(-c4cccc(Cl)c4)c3)CC2)c1O. The molecule has 3 aromatic carbocycles. The molecule has 0 unspecified atom stereocenters. The number of hydrogen-bond acceptors (Lipinski definition) is 4. The van der Waals surface area contributed by atoms with Gasteiger partial charge in [0.05, 0.1) is 7.11 Å². The van der Waals surface area contributed by atoms with E-state index in [1.807, 2.05) is 60.7 Å². The highest BCUT2D eigenvalue weighted by Crippen LogP contribution is 2.31. The number of piperidine rings is 1. The molecule has 1 saturated heterocycles. The van der Waals surface area contributed by atoms with Crippen LogP contribution in [0.2, 0.25) is 5.02 Å². The van der Waals surface area contributed by atoms with Crippen LogP contribution in [0.5, 0.6) is 11.5 Å². The van der Waals surface area contributed by atoms with Gasteiger partial charge in [0.2, 0.25) is 5.91 Å². The molecular weight excluding hydrogens is 424 g/mol. The molecule has 0 atom stereocenters. The summed E-state index contributed by atoms with van der Waals surface area (Å²) in [6, 6.07) is 21.0. The second-order valence-corrected chi connectivity index (χ2v) is 8.54. The van der Waals surface area contributed by atoms with E-state index in [0.29, 0.717) is 17.3 Å². The van der Waals surface area contributed by atoms with E-state index in [-0.39, 0.29) is 17.6 Å². The van der Waals surface area contributed by atoms with Crippen LogP contribution in [0, 0.1) is 5.92 Å². The number of aromatic hydroxyl groups is 1. The molecule has 0 aromatic heterocycles. The van der Waals surface area contributed by atoms with Crippen molar-refractivity contribution in [1.82, 2.24) is 4.90 Å². The average molecular weight is 451 g/mol. The number of carbonyl (C=O) groups is 1. The summed E-state index contributed by atoms with van der Waals surface area (Å²) in [5.41, 5.74) is 3.65. The Kier molecular flexibility index (Phi) is 6.98. The van der Waals surface area contributed by atoms with E-state index in [1.54, 1.807) is 13.2 Å². The fourth-order valence-corrected chi connectivity index (χ4v) is 4.33. The minimum absolute atomic E-state index is 0.0278. The van der Waals surface area contributed by atoms with Crippen LogP contribution in [0.15, 0.2) is 66.7 Å². The van der Waals surface area contributed by atoms with Crippen LogP contribution < -0.4 is 10.1 Å². The Labute approximate surface area is 193 Å². The Morgan fingerprint density at radius 2 is 1.75 bits per heavy atom. The molecule has 1 aliphatic heterocycles. The summed E-state index contributed by atoms with van der Waals surface area (Å²) >= 11 is 6.11. The lowest BCUT2D eigenvalue weighted by Gasteiger charge is -2.31. The molecule has 2 N–H and O–H groups in total. The van der Waals surface area contributed by atoms with Crippen molar-refractivity contribution in [3.63, 3.8) is 0 Å². The number of ether oxygens (including phenoxy) is 1. The second-order valence-electron chi connectivity index (χ2n) is 8.10. The number of phenolic OH excluding ortho intramolecular Hbond substituents is 1. The molecule has 0 spiro atoms. The first-order chi connectivity index (χ1) is 15.5. The zero-order valence-corrected chi connectivity index (χ0v) is 18.8. The van der Waals surface area contributed by atoms with Crippen molar-refractivity contribution in [2.75, 3.05) is 25.5 Å². The Hall–Kier alpha value is -3.02. The molecule has 0 aliphatic carbocycles. The van der Waals surface area contributed by atoms with Gasteiger partial charge < -0.3 is 15.2 Å². The first-order valence-corrected chi connectivity index (χ1v) is 11.2. The lowest BCUT2D eigenvalue weighted by atomic mass is 9.95. The normalized spacial score (nSPS) is 14.8. The first kappa shape index (κ1) is 22.2. The molecule has 0 bridgehead atoms. The number of amides is 1. The zero-order valence-electron chi connectivity index (χ0n) is 18.1. The largest absolute Gasteiger partial charge is 0.504 e. The number of likely N-dealkylation sites (tertiary alicyclic amines) is 1. The topological polar surface area (TPSA) is 61.8 Å². The summed E-state index contributed by atoms with van der Waals surface area (Å²) in [6.07, 6.45) is 1.56. The lowest BCUT2D eigenvalue weighted by Crippen LogP contribution is -2.37. The maximum atomic E-state index is 12.9. The quantitative estimate of drug-likeness (QED) is 0.515. The summed E-state index contributed by atoms with van der Waals surface area (Å²) in [6.45, 7) is 2.24. The zero-order chi connectivity index (χ0) is 22.5. The minimum Gasteiger partial charge on any atom is -0.504 e. The predicted octanol–water partition coefficient (Wildman–Crippen LogP) is 5.57. The number of carbonyl (C=O) groups excluding carboxylic acids is 1. The molecule has 1 amide bonds. The maximum Gasteiger partial charge on any atom is 0.227 e. The molecule has 3 aromatic rings. The fourth-order valence-electron chi connectivity index (χ4n) is 4.14. The van der Waals surface area contributed by atoms with E-state index in [1.165, 1.54) is 0 Å². The number of benzene rings is 3. The van der Waals surface area contributed by atoms with Gasteiger partial charge in [-0.3, -0.25) is 9.69 Å². The van der Waals surface area contributed by atoms with Gasteiger partial charge in [-0.25, -0.2) is 0 Å². The number of nitrogens with one attached hydrogen (secondary N) is 1. The van der Waals surface area contributed by atoms with Gasteiger partial charge in [0.15, 0.2) is 11.5 Å². The number of nitrogens with zero attached hydrogens (tertiary/aromatic N) is 1. The van der Waals surface area contributed by atoms with Gasteiger partial charge in [0.1, 0.15) is 0 Å². The summed E-state index contributed by atoms with van der Waals surface area (Å²) in [5.74, 6) is 0.698. The summed E-state index contributed by atoms with van der Waals surface area (Å²) in [7, 11) is 1.55. The summed E-state index contributed by atoms with van der Waals surface area (Å²) in [4.78, 5) is 15.1. The third-order valence-electron chi connectivity index (χ3n) is 5.94. The van der Waals surface area contributed by atoms with Crippen molar-refractivity contribution in [3.8, 4) is 22.6 Å². The number of para-hydroxylation sites is 1. The molecule has 1 aliphatic rings. The average Bonchev–Trinajstić information content (AvgIpc) is 2.81. The smallest absolute Gasteiger partial charge is 0.227 e. The molecule has 4 rings (SSSR count). The highest BCUT2D eigenvalue weighted by atomic mass is 35.5. The summed E-state index contributed by atoms with van der Waals surface area (Å²) < 4.78 is 5.19. The van der Waals surface area contributed by atoms with Gasteiger partial charge in [0, 0.05) is 28.7 Å². The van der Waals surface area contributed by atoms with Crippen LogP contribution in [0.1, 0.15) is 18.4 Å². The second kappa shape index (κ2) is 10.1. The van der Waals surface area contributed by atoms with Crippen molar-refractivity contribution in [3.05, 3.63) is 77.3 Å². The Balaban J connectivity index is 1.34. The minimum atomic E-state index is -0.0278. The third-order valence-corrected chi connectivity index (χ3v) is 6.18. The molecule has 0 saturated carbocycles. The van der Waals surface area contributed by atoms with E-state index in [4.69, 9.17) is 16.3 Å². The van der Waals surface area contributed by atoms with Crippen LogP contribution in [0.3, 0.4) is 0 Å². The molecule has 6 heteroatoms. The van der Waals surface area contributed by atoms with E-state index >= 15 is 0 Å². The van der Waals surface area contributed by atoms with Crippen LogP contribution in [0.25, 0.3) is 11.1 Å². The molecule has 1 heterocycles. The highest BCUT2D eigenvalue weighted by molar-refractivity contribution is 6.30. The predicted molar refractivity (Wildman–Crippen MR) is 128 cm³/mol. The van der Waals surface area contributed by atoms with E-state index < -0.39 is 0 Å². The molecule has 5 nitrogen and oxygen atoms in total. The number of halogens is 1. The van der Waals surface area contributed by atoms with Gasteiger partial charge in [-0.05, 0) is 67.4 Å². The number of hydrogen-bond donors (Lipinski definition) is 2. The lowest BCUT2D eigenvalue weighted by molar-refractivity contribution is -0.121. The molecular formula is C26H27ClN2O3. The van der Waals surface area contributed by atoms with Crippen molar-refractivity contribution < 1.29 is 14.6 Å². The highest BCUT2D eigenvalue weighted by Gasteiger charge is 2.25. The Morgan fingerprint density at radius 1 is 1.06 bits per heavy atom. The number of anilines is 1. The number of phenols is 1. The van der Waals surface area contributed by atoms with Gasteiger partial charge >= 0.3 is 0 Å². The number of rotatable bonds is 6. The molecule has 32 heavy (non-hydrogen) atoms. The van der Waals surface area contributed by atoms with E-state index in [9.17, 15) is 9.90 Å². The molecule has 0 radical (unpaired) electrons. The van der Waals surface area contributed by atoms with E-state index in [2.05, 4.69) is 10.2 Å². The van der Waals surface area contributed by atoms with Crippen molar-refractivity contribution >= 4 is 23.2 Å². The first-order valence-electron chi connectivity index (χ1n) is 10.8. The number of methoxy groups -OCH3 is 1. The Bertz CT molecular complexity index is 1090. The molecule has 1 fully saturated rings. The van der Waals surface area contributed by atoms with Crippen LogP contribution in [-0.2, 0) is 11.3 Å².